The van der Waals surface area contributed by atoms with Crippen molar-refractivity contribution in [2.45, 2.75) is 6.54 Å². The summed E-state index contributed by atoms with van der Waals surface area (Å²) in [5.41, 5.74) is 2.49. The smallest absolute Gasteiger partial charge is 0.332 e. The molecule has 1 aliphatic heterocycles. The number of hydrogen-bond donors (Lipinski definition) is 1. The van der Waals surface area contributed by atoms with E-state index < -0.39 is 17.2 Å². The number of imidazole rings is 1. The predicted octanol–water partition coefficient (Wildman–Crippen LogP) is -0.687. The molecule has 144 valence electrons. The Morgan fingerprint density at radius 1 is 1.25 bits per heavy atom. The van der Waals surface area contributed by atoms with Crippen molar-refractivity contribution in [2.75, 3.05) is 6.79 Å². The first kappa shape index (κ1) is 17.5. The molecule has 4 rings (SSSR count). The van der Waals surface area contributed by atoms with Gasteiger partial charge >= 0.3 is 5.69 Å². The summed E-state index contributed by atoms with van der Waals surface area (Å²) in [7, 11) is 2.89. The largest absolute Gasteiger partial charge is 0.454 e. The summed E-state index contributed by atoms with van der Waals surface area (Å²) in [4.78, 5) is 40.4. The van der Waals surface area contributed by atoms with E-state index in [-0.39, 0.29) is 24.5 Å². The van der Waals surface area contributed by atoms with Crippen LogP contribution >= 0.6 is 0 Å². The number of aromatic nitrogens is 4. The Labute approximate surface area is 157 Å². The molecular formula is C17H16N6O5. The van der Waals surface area contributed by atoms with Crippen LogP contribution in [0.5, 0.6) is 11.5 Å². The van der Waals surface area contributed by atoms with Gasteiger partial charge in [0.15, 0.2) is 17.0 Å². The predicted molar refractivity (Wildman–Crippen MR) is 98.5 cm³/mol. The van der Waals surface area contributed by atoms with Crippen molar-refractivity contribution in [1.82, 2.24) is 24.1 Å². The van der Waals surface area contributed by atoms with Crippen molar-refractivity contribution in [2.24, 2.45) is 19.2 Å². The van der Waals surface area contributed by atoms with E-state index in [0.29, 0.717) is 11.5 Å². The van der Waals surface area contributed by atoms with Gasteiger partial charge < -0.3 is 14.0 Å². The minimum Gasteiger partial charge on any atom is -0.454 e. The van der Waals surface area contributed by atoms with E-state index in [1.165, 1.54) is 35.8 Å². The molecule has 0 fully saturated rings. The summed E-state index contributed by atoms with van der Waals surface area (Å²) in [5.74, 6) is 0.831. The Hall–Kier alpha value is -3.89. The number of carbonyl (C=O) groups is 1. The van der Waals surface area contributed by atoms with E-state index in [2.05, 4.69) is 15.5 Å². The highest BCUT2D eigenvalue weighted by molar-refractivity contribution is 5.83. The Balaban J connectivity index is 1.50. The number of fused-ring (bicyclic) bond motifs is 2. The van der Waals surface area contributed by atoms with Gasteiger partial charge in [-0.15, -0.1) is 0 Å². The molecule has 1 amide bonds. The average molecular weight is 384 g/mol. The number of benzene rings is 1. The molecule has 2 aromatic heterocycles. The van der Waals surface area contributed by atoms with Gasteiger partial charge in [0.1, 0.15) is 12.2 Å². The number of nitrogens with one attached hydrogen (secondary N) is 1. The van der Waals surface area contributed by atoms with Crippen molar-refractivity contribution in [3.05, 3.63) is 50.9 Å². The highest BCUT2D eigenvalue weighted by atomic mass is 16.7. The van der Waals surface area contributed by atoms with Crippen LogP contribution in [0.25, 0.3) is 11.2 Å². The molecule has 3 aromatic rings. The van der Waals surface area contributed by atoms with Gasteiger partial charge in [-0.3, -0.25) is 18.7 Å². The van der Waals surface area contributed by atoms with Gasteiger partial charge in [-0.25, -0.2) is 15.2 Å². The molecule has 1 aliphatic rings. The normalized spacial score (nSPS) is 12.8. The van der Waals surface area contributed by atoms with E-state index in [1.54, 1.807) is 18.2 Å². The third-order valence-corrected chi connectivity index (χ3v) is 4.32. The molecule has 0 bridgehead atoms. The van der Waals surface area contributed by atoms with Crippen molar-refractivity contribution in [3.63, 3.8) is 0 Å². The minimum atomic E-state index is -0.516. The van der Waals surface area contributed by atoms with Crippen molar-refractivity contribution in [1.29, 1.82) is 0 Å². The number of amides is 1. The summed E-state index contributed by atoms with van der Waals surface area (Å²) in [6.45, 7) is 0.0204. The van der Waals surface area contributed by atoms with Crippen molar-refractivity contribution >= 4 is 23.3 Å². The number of nitrogens with zero attached hydrogens (tertiary/aromatic N) is 5. The van der Waals surface area contributed by atoms with Gasteiger partial charge in [-0.05, 0) is 23.8 Å². The maximum atomic E-state index is 12.2. The highest BCUT2D eigenvalue weighted by Gasteiger charge is 2.16. The fraction of sp³-hybridized carbons (Fsp3) is 0.235. The Kier molecular flexibility index (Phi) is 4.18. The summed E-state index contributed by atoms with van der Waals surface area (Å²) >= 11 is 0. The first-order valence-electron chi connectivity index (χ1n) is 8.28. The molecule has 0 spiro atoms. The second kappa shape index (κ2) is 6.68. The van der Waals surface area contributed by atoms with Gasteiger partial charge in [0, 0.05) is 14.1 Å². The maximum Gasteiger partial charge on any atom is 0.332 e. The van der Waals surface area contributed by atoms with Crippen LogP contribution in [-0.2, 0) is 25.4 Å². The topological polar surface area (TPSA) is 122 Å². The zero-order chi connectivity index (χ0) is 19.8. The van der Waals surface area contributed by atoms with Crippen LogP contribution in [0.4, 0.5) is 0 Å². The lowest BCUT2D eigenvalue weighted by Gasteiger charge is -2.07. The fourth-order valence-electron chi connectivity index (χ4n) is 2.92. The Bertz CT molecular complexity index is 1240. The molecule has 0 aliphatic carbocycles. The van der Waals surface area contributed by atoms with Crippen LogP contribution in [0.2, 0.25) is 0 Å². The van der Waals surface area contributed by atoms with Gasteiger partial charge in [0.2, 0.25) is 6.79 Å². The lowest BCUT2D eigenvalue weighted by atomic mass is 10.2. The SMILES string of the molecule is Cn1c(=O)c2ncn(CC(=O)N/N=C/c3ccc4c(c3)OCO4)c2n(C)c1=O. The number of rotatable bonds is 4. The monoisotopic (exact) mass is 384 g/mol. The summed E-state index contributed by atoms with van der Waals surface area (Å²) in [5, 5.41) is 3.91. The maximum absolute atomic E-state index is 12.2. The van der Waals surface area contributed by atoms with Gasteiger partial charge in [0.05, 0.1) is 12.5 Å². The van der Waals surface area contributed by atoms with Crippen LogP contribution in [-0.4, -0.2) is 37.6 Å². The van der Waals surface area contributed by atoms with Crippen molar-refractivity contribution in [3.8, 4) is 11.5 Å². The van der Waals surface area contributed by atoms with Gasteiger partial charge in [0.25, 0.3) is 11.5 Å². The average Bonchev–Trinajstić information content (AvgIpc) is 3.31. The molecule has 0 atom stereocenters. The molecule has 0 radical (unpaired) electrons. The van der Waals surface area contributed by atoms with Gasteiger partial charge in [-0.1, -0.05) is 0 Å². The van der Waals surface area contributed by atoms with Crippen LogP contribution in [0.3, 0.4) is 0 Å². The zero-order valence-electron chi connectivity index (χ0n) is 15.1. The standard InChI is InChI=1S/C17H16N6O5/c1-21-15-14(16(25)22(2)17(21)26)18-8-23(15)7-13(24)20-19-6-10-3-4-11-12(5-10)28-9-27-11/h3-6,8H,7,9H2,1-2H3,(H,20,24)/b19-6+. The lowest BCUT2D eigenvalue weighted by molar-refractivity contribution is -0.121. The molecule has 0 saturated heterocycles. The third-order valence-electron chi connectivity index (χ3n) is 4.32. The molecule has 11 nitrogen and oxygen atoms in total. The van der Waals surface area contributed by atoms with E-state index >= 15 is 0 Å². The number of carbonyl (C=O) groups excluding carboxylic acids is 1. The quantitative estimate of drug-likeness (QED) is 0.470. The molecule has 28 heavy (non-hydrogen) atoms. The first-order chi connectivity index (χ1) is 13.5. The molecule has 0 unspecified atom stereocenters. The van der Waals surface area contributed by atoms with E-state index in [1.807, 2.05) is 0 Å². The van der Waals surface area contributed by atoms with Crippen molar-refractivity contribution < 1.29 is 14.3 Å². The number of hydrazone groups is 1. The molecule has 11 heteroatoms. The summed E-state index contributed by atoms with van der Waals surface area (Å²) in [6.07, 6.45) is 2.81. The molecule has 3 heterocycles. The van der Waals surface area contributed by atoms with Crippen LogP contribution in [0.1, 0.15) is 5.56 Å². The summed E-state index contributed by atoms with van der Waals surface area (Å²) in [6, 6.07) is 5.27. The third kappa shape index (κ3) is 2.92. The molecule has 1 N–H and O–H groups in total. The van der Waals surface area contributed by atoms with Crippen LogP contribution < -0.4 is 26.1 Å². The molecular weight excluding hydrogens is 368 g/mol. The second-order valence-electron chi connectivity index (χ2n) is 6.16. The number of ether oxygens (including phenoxy) is 2. The molecule has 1 aromatic carbocycles. The fourth-order valence-corrected chi connectivity index (χ4v) is 2.92. The minimum absolute atomic E-state index is 0.112. The zero-order valence-corrected chi connectivity index (χ0v) is 15.1. The second-order valence-corrected chi connectivity index (χ2v) is 6.16. The van der Waals surface area contributed by atoms with Crippen LogP contribution in [0.15, 0.2) is 39.2 Å². The molecule has 0 saturated carbocycles. The number of hydrogen-bond acceptors (Lipinski definition) is 7. The van der Waals surface area contributed by atoms with E-state index in [4.69, 9.17) is 9.47 Å². The van der Waals surface area contributed by atoms with Gasteiger partial charge in [-0.2, -0.15) is 5.10 Å². The van der Waals surface area contributed by atoms with E-state index in [9.17, 15) is 14.4 Å². The Morgan fingerprint density at radius 3 is 2.86 bits per heavy atom. The highest BCUT2D eigenvalue weighted by Crippen LogP contribution is 2.31. The van der Waals surface area contributed by atoms with Crippen LogP contribution in [0, 0.1) is 0 Å². The van der Waals surface area contributed by atoms with E-state index in [0.717, 1.165) is 10.1 Å². The Morgan fingerprint density at radius 2 is 2.04 bits per heavy atom. The number of aryl methyl sites for hydroxylation is 1. The first-order valence-corrected chi connectivity index (χ1v) is 8.28. The lowest BCUT2D eigenvalue weighted by Crippen LogP contribution is -2.37. The summed E-state index contributed by atoms with van der Waals surface area (Å²) < 4.78 is 14.2.